The molecule has 3 aliphatic rings. The van der Waals surface area contributed by atoms with E-state index in [9.17, 15) is 19.7 Å². The van der Waals surface area contributed by atoms with Gasteiger partial charge in [-0.1, -0.05) is 20.8 Å². The third-order valence-corrected chi connectivity index (χ3v) is 6.13. The largest absolute Gasteiger partial charge is 0.465 e. The molecule has 0 fully saturated rings. The van der Waals surface area contributed by atoms with E-state index in [4.69, 9.17) is 19.2 Å². The van der Waals surface area contributed by atoms with Crippen molar-refractivity contribution < 1.29 is 28.7 Å². The van der Waals surface area contributed by atoms with Crippen LogP contribution in [0.25, 0.3) is 0 Å². The Labute approximate surface area is 185 Å². The van der Waals surface area contributed by atoms with Crippen LogP contribution in [0.1, 0.15) is 58.4 Å². The van der Waals surface area contributed by atoms with Crippen molar-refractivity contribution in [3.8, 4) is 11.5 Å². The number of carbonyl (C=O) groups is 2. The lowest BCUT2D eigenvalue weighted by molar-refractivity contribution is -0.385. The quantitative estimate of drug-likeness (QED) is 0.383. The van der Waals surface area contributed by atoms with Gasteiger partial charge in [-0.25, -0.2) is 0 Å². The summed E-state index contributed by atoms with van der Waals surface area (Å²) in [5.41, 5.74) is 1.24. The SMILES string of the molecule is CCOC(=O)C1C(CC)=NC2=C(C(=O)CC(C)(C)C2)[C@@H]1c1cc2c(cc1[N+](=O)[O-])OCO2. The monoisotopic (exact) mass is 442 g/mol. The van der Waals surface area contributed by atoms with Gasteiger partial charge in [0.2, 0.25) is 6.79 Å². The Morgan fingerprint density at radius 3 is 2.56 bits per heavy atom. The first-order chi connectivity index (χ1) is 15.2. The van der Waals surface area contributed by atoms with Gasteiger partial charge >= 0.3 is 5.97 Å². The molecule has 9 nitrogen and oxygen atoms in total. The van der Waals surface area contributed by atoms with E-state index in [1.807, 2.05) is 20.8 Å². The topological polar surface area (TPSA) is 117 Å². The minimum atomic E-state index is -0.928. The first-order valence-electron chi connectivity index (χ1n) is 10.7. The van der Waals surface area contributed by atoms with E-state index in [1.54, 1.807) is 6.92 Å². The van der Waals surface area contributed by atoms with Crippen molar-refractivity contribution in [3.05, 3.63) is 39.1 Å². The molecule has 4 rings (SSSR count). The first kappa shape index (κ1) is 22.0. The van der Waals surface area contributed by atoms with Crippen LogP contribution in [-0.4, -0.2) is 35.8 Å². The van der Waals surface area contributed by atoms with Crippen LogP contribution in [-0.2, 0) is 14.3 Å². The highest BCUT2D eigenvalue weighted by Gasteiger charge is 2.48. The predicted molar refractivity (Wildman–Crippen MR) is 115 cm³/mol. The number of hydrogen-bond donors (Lipinski definition) is 0. The molecule has 2 heterocycles. The van der Waals surface area contributed by atoms with Crippen molar-refractivity contribution in [1.82, 2.24) is 0 Å². The number of nitrogens with zero attached hydrogens (tertiary/aromatic N) is 2. The number of nitro benzene ring substituents is 1. The van der Waals surface area contributed by atoms with Crippen molar-refractivity contribution in [1.29, 1.82) is 0 Å². The van der Waals surface area contributed by atoms with Gasteiger partial charge in [0.25, 0.3) is 5.69 Å². The molecule has 0 bridgehead atoms. The summed E-state index contributed by atoms with van der Waals surface area (Å²) >= 11 is 0. The Balaban J connectivity index is 1.99. The maximum Gasteiger partial charge on any atom is 0.315 e. The third-order valence-electron chi connectivity index (χ3n) is 6.13. The minimum Gasteiger partial charge on any atom is -0.465 e. The number of ether oxygens (including phenoxy) is 3. The summed E-state index contributed by atoms with van der Waals surface area (Å²) in [4.78, 5) is 42.7. The normalized spacial score (nSPS) is 23.5. The maximum absolute atomic E-state index is 13.4. The molecule has 1 unspecified atom stereocenters. The highest BCUT2D eigenvalue weighted by molar-refractivity contribution is 6.10. The van der Waals surface area contributed by atoms with Gasteiger partial charge in [0.05, 0.1) is 17.6 Å². The Hall–Kier alpha value is -3.23. The zero-order valence-electron chi connectivity index (χ0n) is 18.6. The van der Waals surface area contributed by atoms with Gasteiger partial charge in [0.15, 0.2) is 17.3 Å². The number of ketones is 1. The summed E-state index contributed by atoms with van der Waals surface area (Å²) in [6, 6.07) is 2.82. The van der Waals surface area contributed by atoms with E-state index in [1.165, 1.54) is 12.1 Å². The smallest absolute Gasteiger partial charge is 0.315 e. The molecule has 0 spiro atoms. The zero-order chi connectivity index (χ0) is 23.2. The summed E-state index contributed by atoms with van der Waals surface area (Å²) in [7, 11) is 0. The average molecular weight is 442 g/mol. The lowest BCUT2D eigenvalue weighted by Crippen LogP contribution is -2.40. The van der Waals surface area contributed by atoms with Crippen molar-refractivity contribution >= 4 is 23.2 Å². The first-order valence-corrected chi connectivity index (χ1v) is 10.7. The second-order valence-electron chi connectivity index (χ2n) is 8.99. The van der Waals surface area contributed by atoms with E-state index in [-0.39, 0.29) is 48.0 Å². The lowest BCUT2D eigenvalue weighted by Gasteiger charge is -2.39. The molecule has 0 amide bonds. The molecular formula is C23H26N2O7. The van der Waals surface area contributed by atoms with Crippen LogP contribution in [0.2, 0.25) is 0 Å². The number of hydrogen-bond acceptors (Lipinski definition) is 8. The molecule has 0 saturated heterocycles. The number of Topliss-reactive ketones (excluding diaryl/α,β-unsaturated/α-hetero) is 1. The van der Waals surface area contributed by atoms with Gasteiger partial charge in [-0.15, -0.1) is 0 Å². The van der Waals surface area contributed by atoms with Crippen molar-refractivity contribution in [3.63, 3.8) is 0 Å². The number of benzene rings is 1. The molecule has 0 aromatic heterocycles. The Kier molecular flexibility index (Phi) is 5.52. The number of allylic oxidation sites excluding steroid dienone is 2. The van der Waals surface area contributed by atoms with Crippen LogP contribution < -0.4 is 9.47 Å². The number of aliphatic imine (C=N–C) groups is 1. The summed E-state index contributed by atoms with van der Waals surface area (Å²) in [5, 5.41) is 12.0. The van der Waals surface area contributed by atoms with Crippen LogP contribution in [0, 0.1) is 21.4 Å². The molecule has 1 aromatic carbocycles. The van der Waals surface area contributed by atoms with Gasteiger partial charge < -0.3 is 14.2 Å². The van der Waals surface area contributed by atoms with Gasteiger partial charge in [-0.3, -0.25) is 24.7 Å². The summed E-state index contributed by atoms with van der Waals surface area (Å²) in [6.45, 7) is 7.65. The van der Waals surface area contributed by atoms with Gasteiger partial charge in [0, 0.05) is 34.9 Å². The lowest BCUT2D eigenvalue weighted by atomic mass is 9.66. The Morgan fingerprint density at radius 2 is 1.94 bits per heavy atom. The standard InChI is InChI=1S/C23H26N2O7/c1-5-13-21(22(27)30-6-2)19(20-14(24-13)9-23(3,4)10-16(20)26)12-7-17-18(32-11-31-17)8-15(12)25(28)29/h7-8,19,21H,5-6,9-11H2,1-4H3/t19-,21?/m0/s1. The second kappa shape index (κ2) is 8.03. The van der Waals surface area contributed by atoms with Crippen molar-refractivity contribution in [2.24, 2.45) is 16.3 Å². The minimum absolute atomic E-state index is 0.0509. The van der Waals surface area contributed by atoms with Crippen LogP contribution in [0.4, 0.5) is 5.69 Å². The molecule has 0 saturated carbocycles. The van der Waals surface area contributed by atoms with Crippen molar-refractivity contribution in [2.75, 3.05) is 13.4 Å². The van der Waals surface area contributed by atoms with E-state index in [2.05, 4.69) is 0 Å². The molecule has 2 atom stereocenters. The molecule has 170 valence electrons. The molecule has 2 aliphatic heterocycles. The van der Waals surface area contributed by atoms with Crippen molar-refractivity contribution in [2.45, 2.75) is 52.9 Å². The average Bonchev–Trinajstić information content (AvgIpc) is 3.18. The zero-order valence-corrected chi connectivity index (χ0v) is 18.6. The molecular weight excluding hydrogens is 416 g/mol. The van der Waals surface area contributed by atoms with E-state index >= 15 is 0 Å². The van der Waals surface area contributed by atoms with Gasteiger partial charge in [-0.2, -0.15) is 0 Å². The Morgan fingerprint density at radius 1 is 1.25 bits per heavy atom. The highest BCUT2D eigenvalue weighted by Crippen LogP contribution is 2.51. The maximum atomic E-state index is 13.4. The molecule has 1 aromatic rings. The fraction of sp³-hybridized carbons (Fsp3) is 0.522. The summed E-state index contributed by atoms with van der Waals surface area (Å²) < 4.78 is 16.1. The fourth-order valence-electron chi connectivity index (χ4n) is 4.85. The highest BCUT2D eigenvalue weighted by atomic mass is 16.7. The molecule has 0 N–H and O–H groups in total. The van der Waals surface area contributed by atoms with Crippen LogP contribution in [0.5, 0.6) is 11.5 Å². The summed E-state index contributed by atoms with van der Waals surface area (Å²) in [5.74, 6) is -1.90. The summed E-state index contributed by atoms with van der Waals surface area (Å²) in [6.07, 6.45) is 1.26. The van der Waals surface area contributed by atoms with Crippen LogP contribution in [0.15, 0.2) is 28.4 Å². The van der Waals surface area contributed by atoms with E-state index in [0.29, 0.717) is 35.6 Å². The molecule has 32 heavy (non-hydrogen) atoms. The second-order valence-corrected chi connectivity index (χ2v) is 8.99. The van der Waals surface area contributed by atoms with Gasteiger partial charge in [-0.05, 0) is 31.2 Å². The van der Waals surface area contributed by atoms with Crippen LogP contribution >= 0.6 is 0 Å². The molecule has 9 heteroatoms. The van der Waals surface area contributed by atoms with E-state index < -0.39 is 22.7 Å². The number of esters is 1. The third kappa shape index (κ3) is 3.65. The molecule has 0 radical (unpaired) electrons. The van der Waals surface area contributed by atoms with Gasteiger partial charge in [0.1, 0.15) is 5.92 Å². The van der Waals surface area contributed by atoms with Crippen LogP contribution in [0.3, 0.4) is 0 Å². The number of nitro groups is 1. The Bertz CT molecular complexity index is 1070. The number of rotatable bonds is 5. The number of carbonyl (C=O) groups excluding carboxylic acids is 2. The van der Waals surface area contributed by atoms with E-state index in [0.717, 1.165) is 0 Å². The predicted octanol–water partition coefficient (Wildman–Crippen LogP) is 4.09. The molecule has 1 aliphatic carbocycles. The fourth-order valence-corrected chi connectivity index (χ4v) is 4.85. The number of fused-ring (bicyclic) bond motifs is 1.